The lowest BCUT2D eigenvalue weighted by Gasteiger charge is -2.58. The van der Waals surface area contributed by atoms with Crippen LogP contribution in [0.3, 0.4) is 0 Å². The van der Waals surface area contributed by atoms with E-state index in [1.54, 1.807) is 30.0 Å². The van der Waals surface area contributed by atoms with E-state index in [0.717, 1.165) is 79.6 Å². The summed E-state index contributed by atoms with van der Waals surface area (Å²) < 4.78 is 7.47. The Bertz CT molecular complexity index is 2190. The number of aryl methyl sites for hydroxylation is 1. The molecule has 54 heavy (non-hydrogen) atoms. The van der Waals surface area contributed by atoms with Crippen molar-refractivity contribution in [1.82, 2.24) is 19.4 Å². The van der Waals surface area contributed by atoms with E-state index >= 15 is 0 Å². The number of pyridine rings is 1. The zero-order chi connectivity index (χ0) is 36.7. The summed E-state index contributed by atoms with van der Waals surface area (Å²) in [4.78, 5) is 54.1. The molecule has 11 nitrogen and oxygen atoms in total. The highest BCUT2D eigenvalue weighted by molar-refractivity contribution is 5.94. The number of aromatic nitrogens is 3. The molecule has 2 unspecified atom stereocenters. The molecular weight excluding hydrogens is 679 g/mol. The topological polar surface area (TPSA) is 122 Å². The Hall–Kier alpha value is -4.93. The van der Waals surface area contributed by atoms with Gasteiger partial charge in [-0.05, 0) is 130 Å². The summed E-state index contributed by atoms with van der Waals surface area (Å²) in [7, 11) is 1.66. The molecule has 4 aromatic rings. The van der Waals surface area contributed by atoms with Gasteiger partial charge in [-0.25, -0.2) is 4.98 Å². The third-order valence-corrected chi connectivity index (χ3v) is 13.6. The summed E-state index contributed by atoms with van der Waals surface area (Å²) in [5, 5.41) is 7.08. The van der Waals surface area contributed by atoms with Crippen LogP contribution in [0.25, 0.3) is 16.7 Å². The normalized spacial score (nSPS) is 28.1. The van der Waals surface area contributed by atoms with Crippen LogP contribution in [-0.2, 0) is 9.59 Å². The number of rotatable bonds is 9. The van der Waals surface area contributed by atoms with Gasteiger partial charge in [-0.3, -0.25) is 19.0 Å². The Labute approximate surface area is 315 Å². The highest BCUT2D eigenvalue weighted by atomic mass is 16.5. The molecule has 6 bridgehead atoms. The highest BCUT2D eigenvalue weighted by Gasteiger charge is 2.52. The Morgan fingerprint density at radius 1 is 0.907 bits per heavy atom. The van der Waals surface area contributed by atoms with Crippen molar-refractivity contribution in [2.75, 3.05) is 35.7 Å². The van der Waals surface area contributed by atoms with Gasteiger partial charge in [0.15, 0.2) is 5.65 Å². The van der Waals surface area contributed by atoms with Gasteiger partial charge in [0.05, 0.1) is 18.5 Å². The molecule has 3 saturated heterocycles. The van der Waals surface area contributed by atoms with Crippen molar-refractivity contribution in [3.05, 3.63) is 70.6 Å². The van der Waals surface area contributed by atoms with Crippen molar-refractivity contribution >= 4 is 45.9 Å². The van der Waals surface area contributed by atoms with Gasteiger partial charge in [-0.1, -0.05) is 6.07 Å². The molecule has 0 spiro atoms. The fourth-order valence-electron chi connectivity index (χ4n) is 11.3. The zero-order valence-corrected chi connectivity index (χ0v) is 31.2. The van der Waals surface area contributed by atoms with Gasteiger partial charge in [0.2, 0.25) is 17.8 Å². The first-order valence-corrected chi connectivity index (χ1v) is 20.0. The van der Waals surface area contributed by atoms with E-state index in [-0.39, 0.29) is 34.9 Å². The number of ether oxygens (including phenoxy) is 1. The first-order valence-electron chi connectivity index (χ1n) is 20.0. The van der Waals surface area contributed by atoms with Gasteiger partial charge >= 0.3 is 0 Å². The van der Waals surface area contributed by atoms with Crippen LogP contribution in [0.5, 0.6) is 5.75 Å². The molecule has 5 heterocycles. The third-order valence-electron chi connectivity index (χ3n) is 13.6. The number of nitrogens with one attached hydrogen (secondary N) is 2. The molecule has 8 aliphatic rings. The minimum absolute atomic E-state index is 0.00864. The van der Waals surface area contributed by atoms with E-state index in [1.165, 1.54) is 38.5 Å². The molecule has 2 aromatic heterocycles. The molecule has 5 aliphatic carbocycles. The van der Waals surface area contributed by atoms with Gasteiger partial charge in [0.25, 0.3) is 5.56 Å². The number of benzene rings is 2. The smallest absolute Gasteiger partial charge is 0.257 e. The second-order valence-corrected chi connectivity index (χ2v) is 17.4. The van der Waals surface area contributed by atoms with Crippen LogP contribution in [-0.4, -0.2) is 63.5 Å². The maximum Gasteiger partial charge on any atom is 0.257 e. The van der Waals surface area contributed by atoms with Gasteiger partial charge in [-0.2, -0.15) is 4.98 Å². The van der Waals surface area contributed by atoms with Gasteiger partial charge in [0.1, 0.15) is 5.75 Å². The fraction of sp³-hybridized carbons (Fsp3) is 0.512. The van der Waals surface area contributed by atoms with Crippen LogP contribution in [0.1, 0.15) is 76.2 Å². The summed E-state index contributed by atoms with van der Waals surface area (Å²) in [6, 6.07) is 15.6. The molecule has 11 heteroatoms. The first kappa shape index (κ1) is 33.6. The molecule has 8 fully saturated rings. The van der Waals surface area contributed by atoms with E-state index in [9.17, 15) is 14.4 Å². The van der Waals surface area contributed by atoms with Crippen molar-refractivity contribution in [2.24, 2.45) is 29.1 Å². The number of hydrogen-bond acceptors (Lipinski definition) is 8. The molecule has 2 amide bonds. The molecule has 3 aliphatic heterocycles. The Morgan fingerprint density at radius 2 is 1.67 bits per heavy atom. The quantitative estimate of drug-likeness (QED) is 0.190. The summed E-state index contributed by atoms with van der Waals surface area (Å²) in [5.74, 6) is 4.05. The Morgan fingerprint density at radius 3 is 2.37 bits per heavy atom. The molecule has 2 atom stereocenters. The summed E-state index contributed by atoms with van der Waals surface area (Å²) in [6.45, 7) is 3.51. The minimum atomic E-state index is -0.221. The van der Waals surface area contributed by atoms with Crippen LogP contribution in [0.2, 0.25) is 0 Å². The van der Waals surface area contributed by atoms with E-state index in [4.69, 9.17) is 9.72 Å². The monoisotopic (exact) mass is 727 g/mol. The largest absolute Gasteiger partial charge is 0.494 e. The van der Waals surface area contributed by atoms with Crippen LogP contribution >= 0.6 is 0 Å². The number of piperidine rings is 2. The number of hydrogen-bond donors (Lipinski definition) is 2. The van der Waals surface area contributed by atoms with Crippen molar-refractivity contribution in [3.63, 3.8) is 0 Å². The third kappa shape index (κ3) is 6.00. The number of piperazine rings is 1. The number of fused-ring (bicyclic) bond motifs is 4. The van der Waals surface area contributed by atoms with Crippen molar-refractivity contribution in [3.8, 4) is 11.4 Å². The van der Waals surface area contributed by atoms with Gasteiger partial charge in [-0.15, -0.1) is 0 Å². The van der Waals surface area contributed by atoms with Crippen molar-refractivity contribution in [2.45, 2.75) is 89.6 Å². The average Bonchev–Trinajstić information content (AvgIpc) is 4.01. The first-order chi connectivity index (χ1) is 26.2. The van der Waals surface area contributed by atoms with Crippen LogP contribution in [0.15, 0.2) is 59.5 Å². The molecular formula is C43H49N7O4. The minimum Gasteiger partial charge on any atom is -0.494 e. The number of carbonyl (C=O) groups is 2. The fourth-order valence-corrected chi connectivity index (χ4v) is 11.3. The summed E-state index contributed by atoms with van der Waals surface area (Å²) >= 11 is 0. The maximum atomic E-state index is 14.0. The lowest BCUT2D eigenvalue weighted by molar-refractivity contribution is -0.144. The van der Waals surface area contributed by atoms with Crippen LogP contribution in [0.4, 0.5) is 23.0 Å². The van der Waals surface area contributed by atoms with E-state index in [2.05, 4.69) is 37.6 Å². The lowest BCUT2D eigenvalue weighted by Crippen LogP contribution is -2.64. The van der Waals surface area contributed by atoms with Gasteiger partial charge in [0, 0.05) is 72.6 Å². The predicted octanol–water partition coefficient (Wildman–Crippen LogP) is 6.98. The molecule has 280 valence electrons. The Kier molecular flexibility index (Phi) is 8.00. The van der Waals surface area contributed by atoms with E-state index in [0.29, 0.717) is 40.3 Å². The maximum absolute atomic E-state index is 14.0. The lowest BCUT2D eigenvalue weighted by atomic mass is 9.49. The molecule has 0 radical (unpaired) electrons. The van der Waals surface area contributed by atoms with Crippen molar-refractivity contribution in [1.29, 1.82) is 0 Å². The van der Waals surface area contributed by atoms with Crippen molar-refractivity contribution < 1.29 is 14.3 Å². The van der Waals surface area contributed by atoms with E-state index in [1.807, 2.05) is 31.2 Å². The zero-order valence-electron chi connectivity index (χ0n) is 31.2. The molecule has 2 aromatic carbocycles. The van der Waals surface area contributed by atoms with Gasteiger partial charge < -0.3 is 25.2 Å². The second kappa shape index (κ2) is 12.8. The summed E-state index contributed by atoms with van der Waals surface area (Å²) in [5.41, 5.74) is 4.32. The molecule has 2 N–H and O–H groups in total. The number of amides is 2. The number of anilines is 4. The second-order valence-electron chi connectivity index (χ2n) is 17.4. The average molecular weight is 728 g/mol. The predicted molar refractivity (Wildman–Crippen MR) is 209 cm³/mol. The number of methoxy groups -OCH3 is 1. The molecule has 12 rings (SSSR count). The van der Waals surface area contributed by atoms with E-state index < -0.39 is 0 Å². The summed E-state index contributed by atoms with van der Waals surface area (Å²) in [6.07, 6.45) is 14.5. The van der Waals surface area contributed by atoms with Crippen LogP contribution < -0.4 is 25.8 Å². The SMILES string of the molecule is COc1cc(N2CC3CCC2CN3C(=O)CC23CC4CC(CC(C4)C2)C3)ccc1Nc1ncc2c(C)cc(=O)n(-c3cccc(NC(=O)C4CC4)c3)c2n1. The highest BCUT2D eigenvalue weighted by Crippen LogP contribution is 2.61. The molecule has 5 saturated carbocycles. The van der Waals surface area contributed by atoms with Crippen LogP contribution in [0, 0.1) is 36.0 Å². The number of nitrogens with zero attached hydrogens (tertiary/aromatic N) is 5. The Balaban J connectivity index is 0.870. The standard InChI is InChI=1S/C43H49N7O4/c1-25-12-38(51)50(32-5-3-4-30(16-32)45-41(53)29-6-7-29)40-35(25)22-44-42(47-40)46-36-11-10-31(17-37(36)54-2)48-23-34-9-8-33(48)24-49(34)39(52)21-43-18-26-13-27(19-43)15-28(14-26)20-43/h3-5,10-12,16-17,22,26-29,33-34H,6-9,13-15,18-21,23-24H2,1-2H3,(H,45,53)(H,44,46,47). The number of carbonyl (C=O) groups excluding carboxylic acids is 2.